The summed E-state index contributed by atoms with van der Waals surface area (Å²) in [6, 6.07) is 0. The average molecular weight is 293 g/mol. The molecular weight excluding hydrogens is 272 g/mol. The Labute approximate surface area is 112 Å². The Bertz CT molecular complexity index is 347. The molecule has 0 aliphatic heterocycles. The first kappa shape index (κ1) is 10.1. The van der Waals surface area contributed by atoms with Crippen LogP contribution >= 0.6 is 15.9 Å². The summed E-state index contributed by atoms with van der Waals surface area (Å²) in [6.45, 7) is 4.19. The molecule has 0 radical (unpaired) electrons. The molecule has 0 nitrogen and oxygen atoms in total. The summed E-state index contributed by atoms with van der Waals surface area (Å²) in [5.74, 6) is 6.47. The minimum absolute atomic E-state index is 0.571. The predicted octanol–water partition coefficient (Wildman–Crippen LogP) is 4.40. The minimum atomic E-state index is 0.571. The van der Waals surface area contributed by atoms with E-state index < -0.39 is 0 Å². The number of rotatable bonds is 1. The number of halogens is 1. The summed E-state index contributed by atoms with van der Waals surface area (Å²) in [5.41, 5.74) is 0.577. The standard InChI is InChI=1S/C16H21Br/c1-2-15-3-9-12-6-16(17)7-13(9)11(5-15)14(8-16)10(12)4-15/h2,9-14H,1,3-8H2. The summed E-state index contributed by atoms with van der Waals surface area (Å²) in [4.78, 5) is 0. The topological polar surface area (TPSA) is 0 Å². The van der Waals surface area contributed by atoms with Crippen LogP contribution in [0.15, 0.2) is 12.7 Å². The molecule has 7 saturated carbocycles. The van der Waals surface area contributed by atoms with Gasteiger partial charge in [-0.05, 0) is 79.4 Å². The molecule has 7 aliphatic carbocycles. The van der Waals surface area contributed by atoms with Crippen LogP contribution in [0.3, 0.4) is 0 Å². The molecule has 17 heavy (non-hydrogen) atoms. The molecule has 7 rings (SSSR count). The van der Waals surface area contributed by atoms with Crippen LogP contribution in [0.4, 0.5) is 0 Å². The second-order valence-corrected chi connectivity index (χ2v) is 9.61. The van der Waals surface area contributed by atoms with Crippen molar-refractivity contribution in [1.29, 1.82) is 0 Å². The lowest BCUT2D eigenvalue weighted by Gasteiger charge is -2.73. The Morgan fingerprint density at radius 3 is 1.47 bits per heavy atom. The van der Waals surface area contributed by atoms with E-state index in [1.807, 2.05) is 0 Å². The van der Waals surface area contributed by atoms with Crippen molar-refractivity contribution in [3.8, 4) is 0 Å². The van der Waals surface area contributed by atoms with Gasteiger partial charge in [-0.15, -0.1) is 6.58 Å². The van der Waals surface area contributed by atoms with Gasteiger partial charge in [0.15, 0.2) is 0 Å². The Morgan fingerprint density at radius 2 is 1.12 bits per heavy atom. The maximum absolute atomic E-state index is 4.19. The van der Waals surface area contributed by atoms with E-state index in [2.05, 4.69) is 28.6 Å². The first-order valence-electron chi connectivity index (χ1n) is 7.46. The molecule has 7 fully saturated rings. The molecule has 0 aromatic heterocycles. The highest BCUT2D eigenvalue weighted by Crippen LogP contribution is 2.76. The van der Waals surface area contributed by atoms with Gasteiger partial charge in [-0.2, -0.15) is 0 Å². The van der Waals surface area contributed by atoms with E-state index in [0.717, 1.165) is 35.5 Å². The van der Waals surface area contributed by atoms with Gasteiger partial charge in [-0.25, -0.2) is 0 Å². The maximum Gasteiger partial charge on any atom is 0.0266 e. The second-order valence-electron chi connectivity index (χ2n) is 7.93. The lowest BCUT2D eigenvalue weighted by atomic mass is 9.33. The van der Waals surface area contributed by atoms with Crippen LogP contribution in [0.1, 0.15) is 38.5 Å². The molecule has 0 aromatic rings. The maximum atomic E-state index is 4.19. The van der Waals surface area contributed by atoms with Crippen molar-refractivity contribution in [2.24, 2.45) is 40.9 Å². The fourth-order valence-corrected chi connectivity index (χ4v) is 8.27. The molecule has 0 N–H and O–H groups in total. The largest absolute Gasteiger partial charge is 0.103 e. The van der Waals surface area contributed by atoms with Gasteiger partial charge in [0.25, 0.3) is 0 Å². The Hall–Kier alpha value is 0.220. The third kappa shape index (κ3) is 1.00. The molecule has 0 atom stereocenters. The second kappa shape index (κ2) is 2.71. The quantitative estimate of drug-likeness (QED) is 0.496. The smallest absolute Gasteiger partial charge is 0.0266 e. The van der Waals surface area contributed by atoms with E-state index in [9.17, 15) is 0 Å². The Kier molecular flexibility index (Phi) is 1.61. The molecular formula is C16H21Br. The third-order valence-corrected chi connectivity index (χ3v) is 8.44. The Morgan fingerprint density at radius 1 is 0.765 bits per heavy atom. The molecule has 0 unspecified atom stereocenters. The van der Waals surface area contributed by atoms with E-state index in [4.69, 9.17) is 0 Å². The SMILES string of the molecule is C=CC12CC3C4CC5(Br)CC3C(C1)C(C5)C4C2. The highest BCUT2D eigenvalue weighted by Gasteiger charge is 2.69. The van der Waals surface area contributed by atoms with Crippen LogP contribution in [0.5, 0.6) is 0 Å². The molecule has 8 bridgehead atoms. The number of hydrogen-bond acceptors (Lipinski definition) is 0. The van der Waals surface area contributed by atoms with Crippen LogP contribution in [0.2, 0.25) is 0 Å². The van der Waals surface area contributed by atoms with Crippen molar-refractivity contribution >= 4 is 15.9 Å². The van der Waals surface area contributed by atoms with Crippen molar-refractivity contribution in [1.82, 2.24) is 0 Å². The minimum Gasteiger partial charge on any atom is -0.103 e. The van der Waals surface area contributed by atoms with E-state index in [0.29, 0.717) is 9.74 Å². The lowest BCUT2D eigenvalue weighted by molar-refractivity contribution is -0.212. The van der Waals surface area contributed by atoms with Gasteiger partial charge in [0, 0.05) is 4.32 Å². The lowest BCUT2D eigenvalue weighted by Crippen LogP contribution is -2.67. The van der Waals surface area contributed by atoms with Crippen LogP contribution in [-0.2, 0) is 0 Å². The van der Waals surface area contributed by atoms with Gasteiger partial charge in [0.1, 0.15) is 0 Å². The summed E-state index contributed by atoms with van der Waals surface area (Å²) >= 11 is 4.12. The predicted molar refractivity (Wildman–Crippen MR) is 72.9 cm³/mol. The molecule has 0 heterocycles. The zero-order valence-corrected chi connectivity index (χ0v) is 12.0. The summed E-state index contributed by atoms with van der Waals surface area (Å²) in [7, 11) is 0. The van der Waals surface area contributed by atoms with Gasteiger partial charge in [-0.1, -0.05) is 22.0 Å². The van der Waals surface area contributed by atoms with Gasteiger partial charge in [0.05, 0.1) is 0 Å². The van der Waals surface area contributed by atoms with Crippen LogP contribution < -0.4 is 0 Å². The number of hydrogen-bond donors (Lipinski definition) is 0. The first-order valence-corrected chi connectivity index (χ1v) is 8.25. The van der Waals surface area contributed by atoms with Gasteiger partial charge >= 0.3 is 0 Å². The van der Waals surface area contributed by atoms with Crippen molar-refractivity contribution in [3.05, 3.63) is 12.7 Å². The fourth-order valence-electron chi connectivity index (χ4n) is 7.15. The highest BCUT2D eigenvalue weighted by atomic mass is 79.9. The van der Waals surface area contributed by atoms with Crippen molar-refractivity contribution in [2.45, 2.75) is 42.8 Å². The van der Waals surface area contributed by atoms with Gasteiger partial charge in [-0.3, -0.25) is 0 Å². The van der Waals surface area contributed by atoms with Crippen LogP contribution in [0.25, 0.3) is 0 Å². The van der Waals surface area contributed by atoms with E-state index >= 15 is 0 Å². The van der Waals surface area contributed by atoms with Crippen LogP contribution in [0, 0.1) is 40.9 Å². The molecule has 1 heteroatoms. The molecule has 92 valence electrons. The molecule has 0 aromatic carbocycles. The van der Waals surface area contributed by atoms with Gasteiger partial charge in [0.2, 0.25) is 0 Å². The summed E-state index contributed by atoms with van der Waals surface area (Å²) in [5, 5.41) is 0. The summed E-state index contributed by atoms with van der Waals surface area (Å²) < 4.78 is 0.571. The monoisotopic (exact) mass is 292 g/mol. The zero-order chi connectivity index (χ0) is 11.4. The van der Waals surface area contributed by atoms with Crippen molar-refractivity contribution in [3.63, 3.8) is 0 Å². The van der Waals surface area contributed by atoms with Gasteiger partial charge < -0.3 is 0 Å². The number of allylic oxidation sites excluding steroid dienone is 1. The number of alkyl halides is 1. The average Bonchev–Trinajstić information content (AvgIpc) is 2.33. The molecule has 0 spiro atoms. The summed E-state index contributed by atoms with van der Waals surface area (Å²) in [6.07, 6.45) is 11.3. The van der Waals surface area contributed by atoms with E-state index in [1.165, 1.54) is 38.5 Å². The van der Waals surface area contributed by atoms with Crippen molar-refractivity contribution in [2.75, 3.05) is 0 Å². The molecule has 0 amide bonds. The first-order chi connectivity index (χ1) is 8.13. The van der Waals surface area contributed by atoms with E-state index in [1.54, 1.807) is 0 Å². The van der Waals surface area contributed by atoms with Crippen molar-refractivity contribution < 1.29 is 0 Å². The third-order valence-electron chi connectivity index (χ3n) is 7.46. The molecule has 7 aliphatic rings. The van der Waals surface area contributed by atoms with Crippen LogP contribution in [-0.4, -0.2) is 4.32 Å². The Balaban J connectivity index is 1.66. The molecule has 0 saturated heterocycles. The highest BCUT2D eigenvalue weighted by molar-refractivity contribution is 9.10. The normalized spacial score (nSPS) is 69.9. The fraction of sp³-hybridized carbons (Fsp3) is 0.875. The zero-order valence-electron chi connectivity index (χ0n) is 10.4. The van der Waals surface area contributed by atoms with E-state index in [-0.39, 0.29) is 0 Å².